The van der Waals surface area contributed by atoms with E-state index in [2.05, 4.69) is 0 Å². The summed E-state index contributed by atoms with van der Waals surface area (Å²) < 4.78 is 22.4. The Bertz CT molecular complexity index is 1580. The third kappa shape index (κ3) is 4.63. The quantitative estimate of drug-likeness (QED) is 0.199. The lowest BCUT2D eigenvalue weighted by Crippen LogP contribution is -2.42. The summed E-state index contributed by atoms with van der Waals surface area (Å²) in [6.45, 7) is 0.415. The zero-order valence-electron chi connectivity index (χ0n) is 20.7. The minimum absolute atomic E-state index is 0.0364. The number of ether oxygens (including phenoxy) is 3. The van der Waals surface area contributed by atoms with Crippen LogP contribution in [0, 0.1) is 10.1 Å². The van der Waals surface area contributed by atoms with Crippen LogP contribution in [0.5, 0.6) is 17.2 Å². The Labute approximate surface area is 217 Å². The fourth-order valence-corrected chi connectivity index (χ4v) is 4.71. The summed E-state index contributed by atoms with van der Waals surface area (Å²) in [7, 11) is 3.10. The number of hydrogen-bond acceptors (Lipinski definition) is 8. The first-order valence-electron chi connectivity index (χ1n) is 11.9. The van der Waals surface area contributed by atoms with Gasteiger partial charge in [0.1, 0.15) is 17.9 Å². The molecule has 3 aromatic carbocycles. The lowest BCUT2D eigenvalue weighted by molar-refractivity contribution is -0.384. The van der Waals surface area contributed by atoms with Crippen LogP contribution < -0.4 is 19.8 Å². The van der Waals surface area contributed by atoms with Gasteiger partial charge < -0.3 is 23.5 Å². The molecule has 0 saturated heterocycles. The number of carbonyl (C=O) groups excluding carboxylic acids is 1. The molecule has 2 heterocycles. The maximum atomic E-state index is 13.6. The van der Waals surface area contributed by atoms with Crippen LogP contribution in [0.15, 0.2) is 75.9 Å². The molecule has 0 bridgehead atoms. The van der Waals surface area contributed by atoms with E-state index in [1.807, 2.05) is 18.2 Å². The van der Waals surface area contributed by atoms with Crippen molar-refractivity contribution in [2.24, 2.45) is 0 Å². The number of carbonyl (C=O) groups is 1. The van der Waals surface area contributed by atoms with Crippen molar-refractivity contribution in [2.45, 2.75) is 12.5 Å². The number of nitro groups is 1. The molecule has 5 rings (SSSR count). The highest BCUT2D eigenvalue weighted by molar-refractivity contribution is 5.95. The van der Waals surface area contributed by atoms with Gasteiger partial charge in [-0.1, -0.05) is 12.1 Å². The molecule has 1 unspecified atom stereocenters. The molecular formula is C28H24N2O8. The predicted octanol–water partition coefficient (Wildman–Crippen LogP) is 4.54. The highest BCUT2D eigenvalue weighted by Crippen LogP contribution is 2.39. The van der Waals surface area contributed by atoms with Gasteiger partial charge in [0.15, 0.2) is 11.5 Å². The minimum atomic E-state index is -0.549. The number of non-ortho nitro benzene ring substituents is 1. The van der Waals surface area contributed by atoms with Crippen molar-refractivity contribution >= 4 is 22.6 Å². The summed E-state index contributed by atoms with van der Waals surface area (Å²) in [4.78, 5) is 38.0. The molecule has 0 aliphatic carbocycles. The van der Waals surface area contributed by atoms with Gasteiger partial charge >= 0.3 is 5.63 Å². The molecule has 1 aliphatic rings. The minimum Gasteiger partial charge on any atom is -0.493 e. The summed E-state index contributed by atoms with van der Waals surface area (Å²) in [5, 5.41) is 11.7. The van der Waals surface area contributed by atoms with E-state index < -0.39 is 16.6 Å². The van der Waals surface area contributed by atoms with Gasteiger partial charge in [0.05, 0.1) is 36.6 Å². The average molecular weight is 517 g/mol. The van der Waals surface area contributed by atoms with Crippen molar-refractivity contribution in [3.8, 4) is 17.2 Å². The Morgan fingerprint density at radius 1 is 1.03 bits per heavy atom. The lowest BCUT2D eigenvalue weighted by atomic mass is 9.91. The van der Waals surface area contributed by atoms with Crippen LogP contribution >= 0.6 is 0 Å². The Kier molecular flexibility index (Phi) is 6.69. The molecule has 1 amide bonds. The number of rotatable bonds is 7. The second-order valence-electron chi connectivity index (χ2n) is 8.71. The van der Waals surface area contributed by atoms with Gasteiger partial charge in [-0.2, -0.15) is 0 Å². The first-order valence-corrected chi connectivity index (χ1v) is 11.9. The predicted molar refractivity (Wildman–Crippen MR) is 138 cm³/mol. The van der Waals surface area contributed by atoms with Crippen molar-refractivity contribution in [3.63, 3.8) is 0 Å². The lowest BCUT2D eigenvalue weighted by Gasteiger charge is -2.37. The van der Waals surface area contributed by atoms with Gasteiger partial charge in [-0.15, -0.1) is 0 Å². The van der Waals surface area contributed by atoms with E-state index in [0.29, 0.717) is 46.7 Å². The summed E-state index contributed by atoms with van der Waals surface area (Å²) in [6.07, 6.45) is 0.558. The van der Waals surface area contributed by atoms with Crippen molar-refractivity contribution < 1.29 is 28.3 Å². The Morgan fingerprint density at radius 3 is 2.45 bits per heavy atom. The Hall–Kier alpha value is -4.86. The van der Waals surface area contributed by atoms with Crippen LogP contribution in [0.2, 0.25) is 0 Å². The van der Waals surface area contributed by atoms with E-state index in [1.54, 1.807) is 30.2 Å². The van der Waals surface area contributed by atoms with Gasteiger partial charge in [-0.05, 0) is 53.9 Å². The first kappa shape index (κ1) is 24.8. The summed E-state index contributed by atoms with van der Waals surface area (Å²) in [5.74, 6) is 1.12. The number of nitro benzene ring substituents is 1. The molecule has 0 spiro atoms. The van der Waals surface area contributed by atoms with Gasteiger partial charge in [0.25, 0.3) is 11.6 Å². The largest absolute Gasteiger partial charge is 0.493 e. The Morgan fingerprint density at radius 2 is 1.74 bits per heavy atom. The molecule has 0 saturated carbocycles. The highest BCUT2D eigenvalue weighted by Gasteiger charge is 2.33. The Balaban J connectivity index is 1.54. The van der Waals surface area contributed by atoms with Crippen LogP contribution in [-0.4, -0.2) is 43.1 Å². The average Bonchev–Trinajstić information content (AvgIpc) is 2.94. The molecule has 0 fully saturated rings. The number of hydrogen-bond donors (Lipinski definition) is 0. The number of benzene rings is 3. The number of fused-ring (bicyclic) bond motifs is 2. The maximum Gasteiger partial charge on any atom is 0.339 e. The highest BCUT2D eigenvalue weighted by atomic mass is 16.6. The van der Waals surface area contributed by atoms with Crippen LogP contribution in [0.3, 0.4) is 0 Å². The van der Waals surface area contributed by atoms with Crippen molar-refractivity contribution in [1.82, 2.24) is 4.90 Å². The maximum absolute atomic E-state index is 13.6. The van der Waals surface area contributed by atoms with Crippen LogP contribution in [0.4, 0.5) is 5.69 Å². The van der Waals surface area contributed by atoms with Crippen molar-refractivity contribution in [1.29, 1.82) is 0 Å². The molecule has 10 heteroatoms. The van der Waals surface area contributed by atoms with E-state index in [9.17, 15) is 19.7 Å². The molecular weight excluding hydrogens is 492 g/mol. The molecule has 4 aromatic rings. The van der Waals surface area contributed by atoms with Crippen molar-refractivity contribution in [3.05, 3.63) is 104 Å². The molecule has 1 aliphatic heterocycles. The van der Waals surface area contributed by atoms with Crippen molar-refractivity contribution in [2.75, 3.05) is 27.4 Å². The number of amides is 1. The van der Waals surface area contributed by atoms with Crippen LogP contribution in [-0.2, 0) is 6.42 Å². The van der Waals surface area contributed by atoms with Gasteiger partial charge in [-0.3, -0.25) is 14.9 Å². The fourth-order valence-electron chi connectivity index (χ4n) is 4.71. The molecule has 1 atom stereocenters. The molecule has 10 nitrogen and oxygen atoms in total. The first-order chi connectivity index (χ1) is 18.4. The third-order valence-corrected chi connectivity index (χ3v) is 6.60. The van der Waals surface area contributed by atoms with Crippen LogP contribution in [0.25, 0.3) is 11.0 Å². The standard InChI is InChI=1S/C28H24N2O8/c1-35-25-13-18-11-12-29(28(32)17-7-9-19(10-8-17)30(33)34)22(21(18)14-26(25)36-2)16-37-24-15-27(31)38-23-6-4-3-5-20(23)24/h3-10,13-15,22H,11-12,16H2,1-2H3. The molecule has 38 heavy (non-hydrogen) atoms. The number of nitrogens with zero attached hydrogens (tertiary/aromatic N) is 2. The van der Waals surface area contributed by atoms with E-state index in [-0.39, 0.29) is 18.2 Å². The van der Waals surface area contributed by atoms with Gasteiger partial charge in [0, 0.05) is 24.2 Å². The monoisotopic (exact) mass is 516 g/mol. The summed E-state index contributed by atoms with van der Waals surface area (Å²) in [5.41, 5.74) is 1.85. The molecule has 194 valence electrons. The zero-order chi connectivity index (χ0) is 26.8. The summed E-state index contributed by atoms with van der Waals surface area (Å²) >= 11 is 0. The molecule has 0 N–H and O–H groups in total. The van der Waals surface area contributed by atoms with E-state index in [0.717, 1.165) is 11.1 Å². The second-order valence-corrected chi connectivity index (χ2v) is 8.71. The third-order valence-electron chi connectivity index (χ3n) is 6.60. The van der Waals surface area contributed by atoms with Gasteiger partial charge in [-0.25, -0.2) is 4.79 Å². The van der Waals surface area contributed by atoms with Gasteiger partial charge in [0.2, 0.25) is 0 Å². The number of para-hydroxylation sites is 1. The smallest absolute Gasteiger partial charge is 0.339 e. The zero-order valence-corrected chi connectivity index (χ0v) is 20.7. The molecule has 1 aromatic heterocycles. The van der Waals surface area contributed by atoms with E-state index in [1.165, 1.54) is 37.4 Å². The molecule has 0 radical (unpaired) electrons. The summed E-state index contributed by atoms with van der Waals surface area (Å²) in [6, 6.07) is 17.0. The topological polar surface area (TPSA) is 121 Å². The van der Waals surface area contributed by atoms with Crippen LogP contribution in [0.1, 0.15) is 27.5 Å². The normalized spacial score (nSPS) is 14.6. The second kappa shape index (κ2) is 10.3. The fraction of sp³-hybridized carbons (Fsp3) is 0.214. The SMILES string of the molecule is COc1cc2c(cc1OC)C(COc1cc(=O)oc3ccccc13)N(C(=O)c1ccc([N+](=O)[O-])cc1)CC2. The van der Waals surface area contributed by atoms with E-state index >= 15 is 0 Å². The van der Waals surface area contributed by atoms with E-state index in [4.69, 9.17) is 18.6 Å². The number of methoxy groups -OCH3 is 2.